The van der Waals surface area contributed by atoms with Gasteiger partial charge in [0.05, 0.1) is 6.54 Å². The molecule has 0 unspecified atom stereocenters. The van der Waals surface area contributed by atoms with Crippen molar-refractivity contribution in [2.45, 2.75) is 13.0 Å². The van der Waals surface area contributed by atoms with E-state index in [-0.39, 0.29) is 0 Å². The molecule has 16 heavy (non-hydrogen) atoms. The highest BCUT2D eigenvalue weighted by Crippen LogP contribution is 2.01. The van der Waals surface area contributed by atoms with Crippen LogP contribution in [0.25, 0.3) is 0 Å². The van der Waals surface area contributed by atoms with E-state index in [2.05, 4.69) is 29.0 Å². The fourth-order valence-electron chi connectivity index (χ4n) is 1.88. The van der Waals surface area contributed by atoms with Crippen molar-refractivity contribution in [1.82, 2.24) is 10.2 Å². The topological polar surface area (TPSA) is 15.3 Å². The van der Waals surface area contributed by atoms with Gasteiger partial charge in [-0.15, -0.1) is 0 Å². The third-order valence-corrected chi connectivity index (χ3v) is 2.93. The molecule has 1 aliphatic heterocycles. The zero-order valence-electron chi connectivity index (χ0n) is 9.74. The van der Waals surface area contributed by atoms with Gasteiger partial charge in [-0.3, -0.25) is 4.90 Å². The summed E-state index contributed by atoms with van der Waals surface area (Å²) in [5.41, 5.74) is 1.10. The SMILES string of the molecule is C[C@H]1CNCCN1CC#Cc1ccccc1. The van der Waals surface area contributed by atoms with Crippen LogP contribution in [0.3, 0.4) is 0 Å². The lowest BCUT2D eigenvalue weighted by Crippen LogP contribution is -2.49. The van der Waals surface area contributed by atoms with Gasteiger partial charge in [0.1, 0.15) is 0 Å². The lowest BCUT2D eigenvalue weighted by Gasteiger charge is -2.32. The normalized spacial score (nSPS) is 21.2. The Morgan fingerprint density at radius 3 is 2.94 bits per heavy atom. The molecule has 0 bridgehead atoms. The van der Waals surface area contributed by atoms with E-state index < -0.39 is 0 Å². The van der Waals surface area contributed by atoms with Crippen molar-refractivity contribution in [3.05, 3.63) is 35.9 Å². The molecule has 1 saturated heterocycles. The second kappa shape index (κ2) is 5.69. The third-order valence-electron chi connectivity index (χ3n) is 2.93. The minimum Gasteiger partial charge on any atom is -0.314 e. The first-order chi connectivity index (χ1) is 7.86. The summed E-state index contributed by atoms with van der Waals surface area (Å²) < 4.78 is 0. The smallest absolute Gasteiger partial charge is 0.0608 e. The number of nitrogens with one attached hydrogen (secondary N) is 1. The van der Waals surface area contributed by atoms with Crippen molar-refractivity contribution in [3.63, 3.8) is 0 Å². The van der Waals surface area contributed by atoms with Crippen LogP contribution >= 0.6 is 0 Å². The fraction of sp³-hybridized carbons (Fsp3) is 0.429. The molecule has 1 heterocycles. The molecule has 0 aliphatic carbocycles. The predicted octanol–water partition coefficient (Wildman–Crippen LogP) is 1.33. The van der Waals surface area contributed by atoms with Crippen LogP contribution in [0.1, 0.15) is 12.5 Å². The first-order valence-corrected chi connectivity index (χ1v) is 5.85. The summed E-state index contributed by atoms with van der Waals surface area (Å²) in [5.74, 6) is 6.45. The maximum atomic E-state index is 3.38. The fourth-order valence-corrected chi connectivity index (χ4v) is 1.88. The number of nitrogens with zero attached hydrogens (tertiary/aromatic N) is 1. The van der Waals surface area contributed by atoms with Gasteiger partial charge in [-0.25, -0.2) is 0 Å². The lowest BCUT2D eigenvalue weighted by molar-refractivity contribution is 0.196. The molecule has 0 radical (unpaired) electrons. The van der Waals surface area contributed by atoms with Crippen LogP contribution in [0.2, 0.25) is 0 Å². The van der Waals surface area contributed by atoms with Crippen molar-refractivity contribution in [2.24, 2.45) is 0 Å². The third kappa shape index (κ3) is 3.10. The van der Waals surface area contributed by atoms with Crippen LogP contribution in [0.5, 0.6) is 0 Å². The van der Waals surface area contributed by atoms with E-state index in [4.69, 9.17) is 0 Å². The number of benzene rings is 1. The Morgan fingerprint density at radius 1 is 1.38 bits per heavy atom. The van der Waals surface area contributed by atoms with E-state index in [1.807, 2.05) is 30.3 Å². The summed E-state index contributed by atoms with van der Waals surface area (Å²) >= 11 is 0. The molecule has 2 rings (SSSR count). The summed E-state index contributed by atoms with van der Waals surface area (Å²) in [4.78, 5) is 2.42. The highest BCUT2D eigenvalue weighted by molar-refractivity contribution is 5.33. The van der Waals surface area contributed by atoms with E-state index in [0.29, 0.717) is 6.04 Å². The van der Waals surface area contributed by atoms with Gasteiger partial charge in [-0.1, -0.05) is 30.0 Å². The van der Waals surface area contributed by atoms with Crippen LogP contribution < -0.4 is 5.32 Å². The maximum Gasteiger partial charge on any atom is 0.0608 e. The van der Waals surface area contributed by atoms with Gasteiger partial charge in [-0.05, 0) is 19.1 Å². The zero-order valence-corrected chi connectivity index (χ0v) is 9.74. The highest BCUT2D eigenvalue weighted by Gasteiger charge is 2.15. The first-order valence-electron chi connectivity index (χ1n) is 5.85. The molecular formula is C14H18N2. The molecule has 2 nitrogen and oxygen atoms in total. The van der Waals surface area contributed by atoms with E-state index in [1.165, 1.54) is 0 Å². The van der Waals surface area contributed by atoms with Crippen molar-refractivity contribution >= 4 is 0 Å². The Bertz CT molecular complexity index is 375. The lowest BCUT2D eigenvalue weighted by atomic mass is 10.2. The number of rotatable bonds is 1. The summed E-state index contributed by atoms with van der Waals surface area (Å²) in [5, 5.41) is 3.38. The molecule has 84 valence electrons. The molecule has 1 aliphatic rings. The van der Waals surface area contributed by atoms with Crippen molar-refractivity contribution in [1.29, 1.82) is 0 Å². The highest BCUT2D eigenvalue weighted by atomic mass is 15.2. The average molecular weight is 214 g/mol. The molecule has 0 aromatic heterocycles. The standard InChI is InChI=1S/C14H18N2/c1-13-12-15-9-11-16(13)10-5-8-14-6-3-2-4-7-14/h2-4,6-7,13,15H,9-12H2,1H3/t13-/m0/s1. The van der Waals surface area contributed by atoms with Crippen LogP contribution in [0.4, 0.5) is 0 Å². The molecular weight excluding hydrogens is 196 g/mol. The Kier molecular flexibility index (Phi) is 3.98. The summed E-state index contributed by atoms with van der Waals surface area (Å²) in [7, 11) is 0. The average Bonchev–Trinajstić information content (AvgIpc) is 2.33. The minimum atomic E-state index is 0.596. The van der Waals surface area contributed by atoms with E-state index in [1.54, 1.807) is 0 Å². The van der Waals surface area contributed by atoms with Gasteiger partial charge in [0, 0.05) is 31.2 Å². The van der Waals surface area contributed by atoms with E-state index in [9.17, 15) is 0 Å². The predicted molar refractivity (Wildman–Crippen MR) is 67.2 cm³/mol. The molecule has 1 aromatic rings. The van der Waals surface area contributed by atoms with Gasteiger partial charge < -0.3 is 5.32 Å². The maximum absolute atomic E-state index is 3.38. The van der Waals surface area contributed by atoms with E-state index in [0.717, 1.165) is 31.7 Å². The number of hydrogen-bond acceptors (Lipinski definition) is 2. The van der Waals surface area contributed by atoms with E-state index >= 15 is 0 Å². The largest absolute Gasteiger partial charge is 0.314 e. The van der Waals surface area contributed by atoms with Gasteiger partial charge >= 0.3 is 0 Å². The Balaban J connectivity index is 1.89. The zero-order chi connectivity index (χ0) is 11.2. The van der Waals surface area contributed by atoms with Crippen LogP contribution in [0.15, 0.2) is 30.3 Å². The molecule has 1 fully saturated rings. The Labute approximate surface area is 97.7 Å². The monoisotopic (exact) mass is 214 g/mol. The quantitative estimate of drug-likeness (QED) is 0.710. The molecule has 0 amide bonds. The Morgan fingerprint density at radius 2 is 2.19 bits per heavy atom. The second-order valence-corrected chi connectivity index (χ2v) is 4.19. The number of piperazine rings is 1. The summed E-state index contributed by atoms with van der Waals surface area (Å²) in [6.45, 7) is 6.38. The van der Waals surface area contributed by atoms with Crippen LogP contribution in [-0.2, 0) is 0 Å². The van der Waals surface area contributed by atoms with Gasteiger partial charge in [-0.2, -0.15) is 0 Å². The first kappa shape index (κ1) is 11.2. The minimum absolute atomic E-state index is 0.596. The van der Waals surface area contributed by atoms with Gasteiger partial charge in [0.25, 0.3) is 0 Å². The molecule has 1 aromatic carbocycles. The second-order valence-electron chi connectivity index (χ2n) is 4.19. The number of hydrogen-bond donors (Lipinski definition) is 1. The summed E-state index contributed by atoms with van der Waals surface area (Å²) in [6.07, 6.45) is 0. The molecule has 1 atom stereocenters. The van der Waals surface area contributed by atoms with Crippen LogP contribution in [-0.4, -0.2) is 37.1 Å². The van der Waals surface area contributed by atoms with Crippen molar-refractivity contribution in [3.8, 4) is 11.8 Å². The van der Waals surface area contributed by atoms with Crippen LogP contribution in [0, 0.1) is 11.8 Å². The Hall–Kier alpha value is -1.30. The van der Waals surface area contributed by atoms with Gasteiger partial charge in [0.15, 0.2) is 0 Å². The molecule has 1 N–H and O–H groups in total. The molecule has 0 saturated carbocycles. The molecule has 0 spiro atoms. The van der Waals surface area contributed by atoms with Gasteiger partial charge in [0.2, 0.25) is 0 Å². The molecule has 2 heteroatoms. The van der Waals surface area contributed by atoms with Crippen molar-refractivity contribution < 1.29 is 0 Å². The van der Waals surface area contributed by atoms with Crippen molar-refractivity contribution in [2.75, 3.05) is 26.2 Å². The summed E-state index contributed by atoms with van der Waals surface area (Å²) in [6, 6.07) is 10.8.